The maximum atomic E-state index is 5.60. The van der Waals surface area contributed by atoms with Gasteiger partial charge in [-0.05, 0) is 37.7 Å². The van der Waals surface area contributed by atoms with Crippen LogP contribution in [0.25, 0.3) is 0 Å². The van der Waals surface area contributed by atoms with Crippen LogP contribution in [0.2, 0.25) is 0 Å². The van der Waals surface area contributed by atoms with Gasteiger partial charge in [0.05, 0.1) is 18.5 Å². The van der Waals surface area contributed by atoms with Crippen LogP contribution in [0.15, 0.2) is 41.1 Å². The molecule has 2 aromatic rings. The van der Waals surface area contributed by atoms with Crippen LogP contribution in [-0.2, 0) is 19.6 Å². The van der Waals surface area contributed by atoms with Crippen LogP contribution in [0.5, 0.6) is 0 Å². The van der Waals surface area contributed by atoms with E-state index in [2.05, 4.69) is 41.2 Å². The summed E-state index contributed by atoms with van der Waals surface area (Å²) in [5, 5.41) is 3.39. The summed E-state index contributed by atoms with van der Waals surface area (Å²) in [5.74, 6) is 1.04. The molecule has 1 N–H and O–H groups in total. The minimum atomic E-state index is 0.803. The number of hydrogen-bond acceptors (Lipinski definition) is 4. The zero-order chi connectivity index (χ0) is 14.9. The second kappa shape index (κ2) is 8.60. The van der Waals surface area contributed by atoms with Crippen LogP contribution >= 0.6 is 0 Å². The lowest BCUT2D eigenvalue weighted by molar-refractivity contribution is 0.265. The lowest BCUT2D eigenvalue weighted by Crippen LogP contribution is -2.24. The van der Waals surface area contributed by atoms with Crippen molar-refractivity contribution in [3.63, 3.8) is 0 Å². The van der Waals surface area contributed by atoms with Crippen molar-refractivity contribution in [2.24, 2.45) is 0 Å². The van der Waals surface area contributed by atoms with Gasteiger partial charge in [-0.2, -0.15) is 0 Å². The first kappa shape index (κ1) is 15.7. The van der Waals surface area contributed by atoms with Crippen molar-refractivity contribution < 1.29 is 4.42 Å². The standard InChI is InChI=1S/C17H25N3O/c1-3-9-18-12-17-15(8-11-21-17)13-20(4-2)14-16-7-5-6-10-19-16/h5-8,10-11,18H,3-4,9,12-14H2,1-2H3. The maximum Gasteiger partial charge on any atom is 0.122 e. The molecule has 0 spiro atoms. The van der Waals surface area contributed by atoms with Crippen LogP contribution in [0.4, 0.5) is 0 Å². The Morgan fingerprint density at radius 1 is 1.19 bits per heavy atom. The average Bonchev–Trinajstić information content (AvgIpc) is 2.95. The van der Waals surface area contributed by atoms with Crippen molar-refractivity contribution in [2.45, 2.75) is 39.9 Å². The number of nitrogens with one attached hydrogen (secondary N) is 1. The Kier molecular flexibility index (Phi) is 6.44. The van der Waals surface area contributed by atoms with E-state index in [1.807, 2.05) is 18.3 Å². The van der Waals surface area contributed by atoms with Gasteiger partial charge in [0.25, 0.3) is 0 Å². The van der Waals surface area contributed by atoms with Crippen LogP contribution in [0.3, 0.4) is 0 Å². The summed E-state index contributed by atoms with van der Waals surface area (Å²) in [6.07, 6.45) is 4.77. The van der Waals surface area contributed by atoms with Gasteiger partial charge in [-0.15, -0.1) is 0 Å². The molecule has 2 heterocycles. The monoisotopic (exact) mass is 287 g/mol. The second-order valence-electron chi connectivity index (χ2n) is 5.17. The van der Waals surface area contributed by atoms with Gasteiger partial charge >= 0.3 is 0 Å². The molecule has 0 aliphatic carbocycles. The summed E-state index contributed by atoms with van der Waals surface area (Å²) >= 11 is 0. The van der Waals surface area contributed by atoms with Crippen LogP contribution in [0.1, 0.15) is 37.3 Å². The Hall–Kier alpha value is -1.65. The fourth-order valence-electron chi connectivity index (χ4n) is 2.28. The van der Waals surface area contributed by atoms with Gasteiger partial charge in [-0.1, -0.05) is 19.9 Å². The summed E-state index contributed by atoms with van der Waals surface area (Å²) < 4.78 is 5.60. The molecule has 0 aliphatic heterocycles. The summed E-state index contributed by atoms with van der Waals surface area (Å²) in [7, 11) is 0. The largest absolute Gasteiger partial charge is 0.468 e. The fraction of sp³-hybridized carbons (Fsp3) is 0.471. The molecule has 4 heteroatoms. The Bertz CT molecular complexity index is 510. The van der Waals surface area contributed by atoms with Crippen molar-refractivity contribution in [3.05, 3.63) is 53.7 Å². The molecular weight excluding hydrogens is 262 g/mol. The Morgan fingerprint density at radius 3 is 2.81 bits per heavy atom. The van der Waals surface area contributed by atoms with E-state index in [9.17, 15) is 0 Å². The molecule has 0 amide bonds. The van der Waals surface area contributed by atoms with Gasteiger partial charge in [0.2, 0.25) is 0 Å². The summed E-state index contributed by atoms with van der Waals surface area (Å²) in [5.41, 5.74) is 2.37. The third-order valence-electron chi connectivity index (χ3n) is 3.50. The molecule has 0 aromatic carbocycles. The van der Waals surface area contributed by atoms with Crippen LogP contribution in [-0.4, -0.2) is 23.0 Å². The molecule has 21 heavy (non-hydrogen) atoms. The first-order valence-electron chi connectivity index (χ1n) is 7.71. The number of pyridine rings is 1. The van der Waals surface area contributed by atoms with E-state index in [1.165, 1.54) is 5.56 Å². The number of rotatable bonds is 9. The fourth-order valence-corrected chi connectivity index (χ4v) is 2.28. The van der Waals surface area contributed by atoms with Crippen molar-refractivity contribution in [1.82, 2.24) is 15.2 Å². The number of hydrogen-bond donors (Lipinski definition) is 1. The first-order chi connectivity index (χ1) is 10.3. The summed E-state index contributed by atoms with van der Waals surface area (Å²) in [6, 6.07) is 8.13. The van der Waals surface area contributed by atoms with Crippen molar-refractivity contribution in [1.29, 1.82) is 0 Å². The SMILES string of the molecule is CCCNCc1occc1CN(CC)Cc1ccccn1. The highest BCUT2D eigenvalue weighted by Gasteiger charge is 2.11. The van der Waals surface area contributed by atoms with E-state index in [0.717, 1.165) is 50.6 Å². The van der Waals surface area contributed by atoms with Crippen molar-refractivity contribution in [2.75, 3.05) is 13.1 Å². The summed E-state index contributed by atoms with van der Waals surface area (Å²) in [6.45, 7) is 8.92. The molecular formula is C17H25N3O. The van der Waals surface area contributed by atoms with Crippen molar-refractivity contribution in [3.8, 4) is 0 Å². The van der Waals surface area contributed by atoms with E-state index in [4.69, 9.17) is 4.42 Å². The number of nitrogens with zero attached hydrogens (tertiary/aromatic N) is 2. The van der Waals surface area contributed by atoms with Gasteiger partial charge < -0.3 is 9.73 Å². The molecule has 0 aliphatic rings. The highest BCUT2D eigenvalue weighted by Crippen LogP contribution is 2.14. The van der Waals surface area contributed by atoms with E-state index >= 15 is 0 Å². The Labute approximate surface area is 127 Å². The van der Waals surface area contributed by atoms with E-state index < -0.39 is 0 Å². The topological polar surface area (TPSA) is 41.3 Å². The van der Waals surface area contributed by atoms with Gasteiger partial charge in [0.1, 0.15) is 5.76 Å². The molecule has 0 bridgehead atoms. The molecule has 0 unspecified atom stereocenters. The third-order valence-corrected chi connectivity index (χ3v) is 3.50. The molecule has 0 atom stereocenters. The van der Waals surface area contributed by atoms with E-state index in [0.29, 0.717) is 0 Å². The third kappa shape index (κ3) is 4.99. The van der Waals surface area contributed by atoms with Gasteiger partial charge in [-0.3, -0.25) is 9.88 Å². The zero-order valence-electron chi connectivity index (χ0n) is 13.0. The first-order valence-corrected chi connectivity index (χ1v) is 7.71. The highest BCUT2D eigenvalue weighted by molar-refractivity contribution is 5.17. The van der Waals surface area contributed by atoms with Crippen LogP contribution in [0, 0.1) is 0 Å². The quantitative estimate of drug-likeness (QED) is 0.719. The molecule has 0 saturated carbocycles. The molecule has 4 nitrogen and oxygen atoms in total. The summed E-state index contributed by atoms with van der Waals surface area (Å²) in [4.78, 5) is 6.77. The molecule has 0 fully saturated rings. The van der Waals surface area contributed by atoms with Gasteiger partial charge in [0, 0.05) is 24.8 Å². The highest BCUT2D eigenvalue weighted by atomic mass is 16.3. The van der Waals surface area contributed by atoms with E-state index in [1.54, 1.807) is 6.26 Å². The number of furan rings is 1. The zero-order valence-corrected chi connectivity index (χ0v) is 13.0. The number of aromatic nitrogens is 1. The molecule has 114 valence electrons. The van der Waals surface area contributed by atoms with Gasteiger partial charge in [0.15, 0.2) is 0 Å². The molecule has 2 aromatic heterocycles. The smallest absolute Gasteiger partial charge is 0.122 e. The normalized spacial score (nSPS) is 11.2. The Morgan fingerprint density at radius 2 is 2.10 bits per heavy atom. The molecule has 0 radical (unpaired) electrons. The average molecular weight is 287 g/mol. The molecule has 2 rings (SSSR count). The predicted molar refractivity (Wildman–Crippen MR) is 84.7 cm³/mol. The lowest BCUT2D eigenvalue weighted by atomic mass is 10.2. The lowest BCUT2D eigenvalue weighted by Gasteiger charge is -2.19. The van der Waals surface area contributed by atoms with Crippen LogP contribution < -0.4 is 5.32 Å². The minimum Gasteiger partial charge on any atom is -0.468 e. The van der Waals surface area contributed by atoms with E-state index in [-0.39, 0.29) is 0 Å². The molecule has 0 saturated heterocycles. The Balaban J connectivity index is 1.94. The maximum absolute atomic E-state index is 5.60. The van der Waals surface area contributed by atoms with Crippen molar-refractivity contribution >= 4 is 0 Å². The van der Waals surface area contributed by atoms with Gasteiger partial charge in [-0.25, -0.2) is 0 Å². The minimum absolute atomic E-state index is 0.803. The predicted octanol–water partition coefficient (Wildman–Crippen LogP) is 3.20. The second-order valence-corrected chi connectivity index (χ2v) is 5.17.